The van der Waals surface area contributed by atoms with Gasteiger partial charge in [-0.3, -0.25) is 4.79 Å². The Morgan fingerprint density at radius 2 is 1.87 bits per heavy atom. The van der Waals surface area contributed by atoms with Crippen molar-refractivity contribution in [2.24, 2.45) is 0 Å². The zero-order valence-corrected chi connectivity index (χ0v) is 18.3. The van der Waals surface area contributed by atoms with Crippen molar-refractivity contribution in [1.82, 2.24) is 4.98 Å². The fraction of sp³-hybridized carbons (Fsp3) is 0.167. The van der Waals surface area contributed by atoms with Crippen LogP contribution in [-0.4, -0.2) is 10.9 Å². The van der Waals surface area contributed by atoms with E-state index in [0.29, 0.717) is 28.1 Å². The first-order valence-corrected chi connectivity index (χ1v) is 10.4. The predicted molar refractivity (Wildman–Crippen MR) is 123 cm³/mol. The van der Waals surface area contributed by atoms with Crippen LogP contribution in [-0.2, 0) is 0 Å². The second kappa shape index (κ2) is 8.13. The molecule has 1 heterocycles. The van der Waals surface area contributed by atoms with Crippen molar-refractivity contribution in [2.45, 2.75) is 26.7 Å². The van der Waals surface area contributed by atoms with Crippen LogP contribution in [0.15, 0.2) is 59.0 Å². The van der Waals surface area contributed by atoms with Crippen molar-refractivity contribution >= 4 is 45.9 Å². The van der Waals surface area contributed by atoms with Crippen LogP contribution in [0.5, 0.6) is 0 Å². The molecule has 0 aliphatic heterocycles. The summed E-state index contributed by atoms with van der Waals surface area (Å²) in [5, 5.41) is 3.47. The van der Waals surface area contributed by atoms with Crippen LogP contribution in [0, 0.1) is 6.92 Å². The molecule has 4 nitrogen and oxygen atoms in total. The van der Waals surface area contributed by atoms with Gasteiger partial charge in [0, 0.05) is 11.3 Å². The van der Waals surface area contributed by atoms with Crippen LogP contribution in [0.1, 0.15) is 41.3 Å². The zero-order valence-electron chi connectivity index (χ0n) is 16.8. The molecule has 152 valence electrons. The quantitative estimate of drug-likeness (QED) is 0.359. The zero-order chi connectivity index (χ0) is 21.4. The topological polar surface area (TPSA) is 55.1 Å². The van der Waals surface area contributed by atoms with Crippen LogP contribution in [0.2, 0.25) is 10.0 Å². The summed E-state index contributed by atoms with van der Waals surface area (Å²) in [7, 11) is 0. The number of hydrogen-bond acceptors (Lipinski definition) is 3. The maximum Gasteiger partial charge on any atom is 0.257 e. The SMILES string of the molecule is Cc1ccc(-c2nc3cc(C(C)C)ccc3o2)cc1NC(=O)c1cccc(Cl)c1Cl. The van der Waals surface area contributed by atoms with Gasteiger partial charge in [0.05, 0.1) is 15.6 Å². The molecule has 1 aromatic heterocycles. The molecular weight excluding hydrogens is 419 g/mol. The van der Waals surface area contributed by atoms with Gasteiger partial charge in [-0.05, 0) is 60.4 Å². The fourth-order valence-electron chi connectivity index (χ4n) is 3.19. The standard InChI is InChI=1S/C24H20Cl2N2O2/c1-13(2)15-9-10-21-20(11-15)28-24(30-21)16-8-7-14(3)19(12-16)27-23(29)17-5-4-6-18(25)22(17)26/h4-13H,1-3H3,(H,27,29). The van der Waals surface area contributed by atoms with Gasteiger partial charge in [-0.1, -0.05) is 55.2 Å². The van der Waals surface area contributed by atoms with Crippen LogP contribution >= 0.6 is 23.2 Å². The molecule has 0 radical (unpaired) electrons. The van der Waals surface area contributed by atoms with Crippen molar-refractivity contribution in [3.05, 3.63) is 81.3 Å². The number of nitrogens with one attached hydrogen (secondary N) is 1. The average molecular weight is 439 g/mol. The van der Waals surface area contributed by atoms with Gasteiger partial charge in [0.1, 0.15) is 5.52 Å². The number of anilines is 1. The number of carbonyl (C=O) groups is 1. The number of hydrogen-bond donors (Lipinski definition) is 1. The third kappa shape index (κ3) is 3.93. The molecule has 0 saturated heterocycles. The molecule has 6 heteroatoms. The highest BCUT2D eigenvalue weighted by Crippen LogP contribution is 2.31. The lowest BCUT2D eigenvalue weighted by Gasteiger charge is -2.11. The molecule has 0 unspecified atom stereocenters. The minimum atomic E-state index is -0.332. The number of nitrogens with zero attached hydrogens (tertiary/aromatic N) is 1. The molecule has 0 saturated carbocycles. The van der Waals surface area contributed by atoms with E-state index >= 15 is 0 Å². The lowest BCUT2D eigenvalue weighted by Crippen LogP contribution is -2.13. The Kier molecular flexibility index (Phi) is 5.54. The Bertz CT molecular complexity index is 1260. The third-order valence-electron chi connectivity index (χ3n) is 5.01. The Morgan fingerprint density at radius 1 is 1.07 bits per heavy atom. The van der Waals surface area contributed by atoms with Gasteiger partial charge in [-0.2, -0.15) is 0 Å². The summed E-state index contributed by atoms with van der Waals surface area (Å²) in [6, 6.07) is 16.7. The normalized spacial score (nSPS) is 11.3. The average Bonchev–Trinajstić information content (AvgIpc) is 3.14. The minimum absolute atomic E-state index is 0.227. The number of amides is 1. The summed E-state index contributed by atoms with van der Waals surface area (Å²) in [4.78, 5) is 17.4. The summed E-state index contributed by atoms with van der Waals surface area (Å²) in [5.41, 5.74) is 5.39. The number of aryl methyl sites for hydroxylation is 1. The predicted octanol–water partition coefficient (Wildman–Crippen LogP) is 7.49. The number of halogens is 2. The van der Waals surface area contributed by atoms with Crippen molar-refractivity contribution in [1.29, 1.82) is 0 Å². The van der Waals surface area contributed by atoms with Gasteiger partial charge < -0.3 is 9.73 Å². The lowest BCUT2D eigenvalue weighted by molar-refractivity contribution is 0.102. The van der Waals surface area contributed by atoms with E-state index in [0.717, 1.165) is 22.2 Å². The molecule has 0 aliphatic carbocycles. The molecule has 4 aromatic rings. The van der Waals surface area contributed by atoms with E-state index < -0.39 is 0 Å². The Hall–Kier alpha value is -2.82. The molecule has 0 spiro atoms. The molecule has 1 amide bonds. The molecule has 30 heavy (non-hydrogen) atoms. The summed E-state index contributed by atoms with van der Waals surface area (Å²) in [6.45, 7) is 6.20. The van der Waals surface area contributed by atoms with Crippen molar-refractivity contribution in [3.8, 4) is 11.5 Å². The number of carbonyl (C=O) groups excluding carboxylic acids is 1. The highest BCUT2D eigenvalue weighted by molar-refractivity contribution is 6.44. The Labute approximate surface area is 184 Å². The van der Waals surface area contributed by atoms with Crippen LogP contribution in [0.3, 0.4) is 0 Å². The first-order valence-electron chi connectivity index (χ1n) is 9.60. The first kappa shape index (κ1) is 20.5. The summed E-state index contributed by atoms with van der Waals surface area (Å²) < 4.78 is 5.95. The molecule has 0 atom stereocenters. The van der Waals surface area contributed by atoms with E-state index in [-0.39, 0.29) is 10.9 Å². The number of fused-ring (bicyclic) bond motifs is 1. The van der Waals surface area contributed by atoms with E-state index in [1.165, 1.54) is 5.56 Å². The minimum Gasteiger partial charge on any atom is -0.436 e. The van der Waals surface area contributed by atoms with E-state index in [4.69, 9.17) is 27.6 Å². The van der Waals surface area contributed by atoms with E-state index in [9.17, 15) is 4.79 Å². The molecule has 0 bridgehead atoms. The van der Waals surface area contributed by atoms with Gasteiger partial charge in [-0.15, -0.1) is 0 Å². The Morgan fingerprint density at radius 3 is 2.63 bits per heavy atom. The van der Waals surface area contributed by atoms with E-state index in [1.807, 2.05) is 37.3 Å². The third-order valence-corrected chi connectivity index (χ3v) is 5.83. The molecule has 3 aromatic carbocycles. The van der Waals surface area contributed by atoms with Gasteiger partial charge in [0.25, 0.3) is 5.91 Å². The van der Waals surface area contributed by atoms with Gasteiger partial charge in [-0.25, -0.2) is 4.98 Å². The van der Waals surface area contributed by atoms with E-state index in [2.05, 4.69) is 30.2 Å². The molecule has 1 N–H and O–H groups in total. The molecular formula is C24H20Cl2N2O2. The number of aromatic nitrogens is 1. The smallest absolute Gasteiger partial charge is 0.257 e. The van der Waals surface area contributed by atoms with Crippen LogP contribution in [0.4, 0.5) is 5.69 Å². The number of rotatable bonds is 4. The Balaban J connectivity index is 1.67. The van der Waals surface area contributed by atoms with Crippen molar-refractivity contribution in [3.63, 3.8) is 0 Å². The van der Waals surface area contributed by atoms with Crippen LogP contribution in [0.25, 0.3) is 22.6 Å². The maximum atomic E-state index is 12.7. The van der Waals surface area contributed by atoms with Crippen molar-refractivity contribution < 1.29 is 9.21 Å². The molecule has 0 fully saturated rings. The van der Waals surface area contributed by atoms with Gasteiger partial charge in [0.15, 0.2) is 5.58 Å². The summed E-state index contributed by atoms with van der Waals surface area (Å²) in [5.74, 6) is 0.582. The second-order valence-electron chi connectivity index (χ2n) is 7.49. The fourth-order valence-corrected chi connectivity index (χ4v) is 3.57. The number of oxazole rings is 1. The summed E-state index contributed by atoms with van der Waals surface area (Å²) in [6.07, 6.45) is 0. The summed E-state index contributed by atoms with van der Waals surface area (Å²) >= 11 is 12.2. The first-order chi connectivity index (χ1) is 14.3. The number of benzene rings is 3. The van der Waals surface area contributed by atoms with E-state index in [1.54, 1.807) is 18.2 Å². The van der Waals surface area contributed by atoms with Crippen LogP contribution < -0.4 is 5.32 Å². The van der Waals surface area contributed by atoms with Crippen molar-refractivity contribution in [2.75, 3.05) is 5.32 Å². The largest absolute Gasteiger partial charge is 0.436 e. The van der Waals surface area contributed by atoms with Gasteiger partial charge >= 0.3 is 0 Å². The van der Waals surface area contributed by atoms with Gasteiger partial charge in [0.2, 0.25) is 5.89 Å². The lowest BCUT2D eigenvalue weighted by atomic mass is 10.0. The molecule has 4 rings (SSSR count). The highest BCUT2D eigenvalue weighted by atomic mass is 35.5. The molecule has 0 aliphatic rings. The maximum absolute atomic E-state index is 12.7. The highest BCUT2D eigenvalue weighted by Gasteiger charge is 2.16. The monoisotopic (exact) mass is 438 g/mol. The second-order valence-corrected chi connectivity index (χ2v) is 8.27.